The first kappa shape index (κ1) is 13.3. The number of hydrogen-bond donors (Lipinski definition) is 0. The fourth-order valence-corrected chi connectivity index (χ4v) is 1.67. The lowest BCUT2D eigenvalue weighted by Crippen LogP contribution is -2.05. The predicted molar refractivity (Wildman–Crippen MR) is 72.9 cm³/mol. The second-order valence-corrected chi connectivity index (χ2v) is 4.76. The van der Waals surface area contributed by atoms with Crippen LogP contribution in [0.4, 0.5) is 0 Å². The molecule has 0 amide bonds. The van der Waals surface area contributed by atoms with Crippen LogP contribution in [0.25, 0.3) is 0 Å². The molecule has 96 valence electrons. The summed E-state index contributed by atoms with van der Waals surface area (Å²) in [7, 11) is 0. The van der Waals surface area contributed by atoms with Gasteiger partial charge in [0.2, 0.25) is 0 Å². The first-order chi connectivity index (χ1) is 8.79. The van der Waals surface area contributed by atoms with Crippen molar-refractivity contribution >= 4 is 11.6 Å². The normalized spacial score (nSPS) is 13.9. The van der Waals surface area contributed by atoms with Crippen LogP contribution in [0.2, 0.25) is 0 Å². The highest BCUT2D eigenvalue weighted by Crippen LogP contribution is 2.28. The van der Waals surface area contributed by atoms with Crippen molar-refractivity contribution in [3.63, 3.8) is 0 Å². The van der Waals surface area contributed by atoms with Gasteiger partial charge in [-0.05, 0) is 49.4 Å². The zero-order valence-corrected chi connectivity index (χ0v) is 11.3. The van der Waals surface area contributed by atoms with Gasteiger partial charge in [0.25, 0.3) is 0 Å². The van der Waals surface area contributed by atoms with Crippen LogP contribution in [0.5, 0.6) is 5.75 Å². The van der Waals surface area contributed by atoms with E-state index in [-0.39, 0.29) is 0 Å². The van der Waals surface area contributed by atoms with Gasteiger partial charge in [-0.15, -0.1) is 11.6 Å². The molecule has 0 aliphatic heterocycles. The van der Waals surface area contributed by atoms with Gasteiger partial charge in [-0.3, -0.25) is 0 Å². The molecule has 0 saturated heterocycles. The smallest absolute Gasteiger partial charge is 0.189 e. The average molecular weight is 265 g/mol. The lowest BCUT2D eigenvalue weighted by molar-refractivity contribution is 0.00996. The van der Waals surface area contributed by atoms with Gasteiger partial charge < -0.3 is 9.47 Å². The molecule has 18 heavy (non-hydrogen) atoms. The third-order valence-corrected chi connectivity index (χ3v) is 2.98. The van der Waals surface area contributed by atoms with Gasteiger partial charge in [0, 0.05) is 5.56 Å². The Morgan fingerprint density at radius 1 is 1.39 bits per heavy atom. The summed E-state index contributed by atoms with van der Waals surface area (Å²) >= 11 is 5.54. The van der Waals surface area contributed by atoms with E-state index in [2.05, 4.69) is 11.8 Å². The van der Waals surface area contributed by atoms with E-state index in [1.165, 1.54) is 12.8 Å². The van der Waals surface area contributed by atoms with Crippen molar-refractivity contribution < 1.29 is 9.47 Å². The van der Waals surface area contributed by atoms with Gasteiger partial charge >= 0.3 is 0 Å². The van der Waals surface area contributed by atoms with E-state index in [0.717, 1.165) is 29.4 Å². The van der Waals surface area contributed by atoms with Gasteiger partial charge in [-0.2, -0.15) is 0 Å². The number of benzene rings is 1. The van der Waals surface area contributed by atoms with Crippen molar-refractivity contribution in [2.45, 2.75) is 19.8 Å². The Morgan fingerprint density at radius 2 is 2.22 bits per heavy atom. The summed E-state index contributed by atoms with van der Waals surface area (Å²) in [4.78, 5) is 0. The minimum Gasteiger partial charge on any atom is -0.468 e. The van der Waals surface area contributed by atoms with E-state index in [4.69, 9.17) is 21.1 Å². The molecule has 3 heteroatoms. The molecule has 0 spiro atoms. The Balaban J connectivity index is 1.83. The molecule has 2 rings (SSSR count). The van der Waals surface area contributed by atoms with Gasteiger partial charge in [0.15, 0.2) is 6.79 Å². The van der Waals surface area contributed by atoms with Crippen molar-refractivity contribution in [2.75, 3.05) is 19.3 Å². The summed E-state index contributed by atoms with van der Waals surface area (Å²) < 4.78 is 11.0. The van der Waals surface area contributed by atoms with E-state index in [0.29, 0.717) is 12.7 Å². The first-order valence-corrected chi connectivity index (χ1v) is 6.69. The number of hydrogen-bond acceptors (Lipinski definition) is 2. The second-order valence-electron chi connectivity index (χ2n) is 4.49. The molecule has 0 radical (unpaired) electrons. The quantitative estimate of drug-likeness (QED) is 0.351. The van der Waals surface area contributed by atoms with Crippen LogP contribution in [-0.4, -0.2) is 19.3 Å². The molecule has 2 nitrogen and oxygen atoms in total. The fourth-order valence-electron chi connectivity index (χ4n) is 1.60. The van der Waals surface area contributed by atoms with Gasteiger partial charge in [-0.1, -0.05) is 11.8 Å². The maximum atomic E-state index is 5.54. The van der Waals surface area contributed by atoms with Crippen LogP contribution in [0.1, 0.15) is 24.0 Å². The van der Waals surface area contributed by atoms with Crippen molar-refractivity contribution in [2.24, 2.45) is 5.92 Å². The van der Waals surface area contributed by atoms with Crippen molar-refractivity contribution in [3.05, 3.63) is 29.3 Å². The standard InChI is InChI=1S/C15H17ClO2/c1-12-9-15(7-6-14(12)3-2-8-16)18-11-17-10-13-4-5-13/h6-7,9,13H,4-5,8,10-11H2,1H3. The van der Waals surface area contributed by atoms with E-state index < -0.39 is 0 Å². The molecule has 0 aromatic heterocycles. The van der Waals surface area contributed by atoms with Crippen molar-refractivity contribution in [1.29, 1.82) is 0 Å². The molecular weight excluding hydrogens is 248 g/mol. The Hall–Kier alpha value is -1.17. The highest BCUT2D eigenvalue weighted by atomic mass is 35.5. The summed E-state index contributed by atoms with van der Waals surface area (Å²) in [5, 5.41) is 0. The SMILES string of the molecule is Cc1cc(OCOCC2CC2)ccc1C#CCCl. The van der Waals surface area contributed by atoms with Gasteiger partial charge in [0.05, 0.1) is 12.5 Å². The number of rotatable bonds is 5. The Bertz CT molecular complexity index is 455. The summed E-state index contributed by atoms with van der Waals surface area (Å²) in [6.45, 7) is 3.15. The molecule has 1 fully saturated rings. The minimum absolute atomic E-state index is 0.322. The molecule has 1 aromatic rings. The maximum absolute atomic E-state index is 5.54. The van der Waals surface area contributed by atoms with E-state index in [1.54, 1.807) is 0 Å². The van der Waals surface area contributed by atoms with Crippen LogP contribution in [0, 0.1) is 24.7 Å². The molecule has 1 aromatic carbocycles. The van der Waals surface area contributed by atoms with Crippen LogP contribution in [0.3, 0.4) is 0 Å². The number of alkyl halides is 1. The summed E-state index contributed by atoms with van der Waals surface area (Å²) in [5.41, 5.74) is 2.08. The van der Waals surface area contributed by atoms with Gasteiger partial charge in [0.1, 0.15) is 5.75 Å². The molecule has 1 saturated carbocycles. The fraction of sp³-hybridized carbons (Fsp3) is 0.467. The summed E-state index contributed by atoms with van der Waals surface area (Å²) in [6, 6.07) is 5.83. The Morgan fingerprint density at radius 3 is 2.89 bits per heavy atom. The summed E-state index contributed by atoms with van der Waals surface area (Å²) in [6.07, 6.45) is 2.60. The second kappa shape index (κ2) is 6.68. The number of ether oxygens (including phenoxy) is 2. The number of halogens is 1. The first-order valence-electron chi connectivity index (χ1n) is 6.15. The Kier molecular flexibility index (Phi) is 4.92. The maximum Gasteiger partial charge on any atom is 0.189 e. The Labute approximate surface area is 113 Å². The molecule has 0 bridgehead atoms. The average Bonchev–Trinajstić information content (AvgIpc) is 3.18. The lowest BCUT2D eigenvalue weighted by Gasteiger charge is -2.08. The predicted octanol–water partition coefficient (Wildman–Crippen LogP) is 3.35. The highest BCUT2D eigenvalue weighted by Gasteiger charge is 2.21. The largest absolute Gasteiger partial charge is 0.468 e. The number of aryl methyl sites for hydroxylation is 1. The van der Waals surface area contributed by atoms with Crippen molar-refractivity contribution in [3.8, 4) is 17.6 Å². The summed E-state index contributed by atoms with van der Waals surface area (Å²) in [5.74, 6) is 7.80. The lowest BCUT2D eigenvalue weighted by atomic mass is 10.1. The molecule has 0 N–H and O–H groups in total. The monoisotopic (exact) mass is 264 g/mol. The zero-order valence-electron chi connectivity index (χ0n) is 10.5. The molecule has 0 heterocycles. The topological polar surface area (TPSA) is 18.5 Å². The molecule has 1 aliphatic rings. The van der Waals surface area contributed by atoms with Crippen molar-refractivity contribution in [1.82, 2.24) is 0 Å². The molecular formula is C15H17ClO2. The van der Waals surface area contributed by atoms with Crippen LogP contribution in [-0.2, 0) is 4.74 Å². The van der Waals surface area contributed by atoms with Crippen LogP contribution in [0.15, 0.2) is 18.2 Å². The highest BCUT2D eigenvalue weighted by molar-refractivity contribution is 6.19. The van der Waals surface area contributed by atoms with E-state index >= 15 is 0 Å². The third kappa shape index (κ3) is 4.25. The van der Waals surface area contributed by atoms with Crippen LogP contribution < -0.4 is 4.74 Å². The van der Waals surface area contributed by atoms with Gasteiger partial charge in [-0.25, -0.2) is 0 Å². The van der Waals surface area contributed by atoms with E-state index in [9.17, 15) is 0 Å². The molecule has 0 atom stereocenters. The van der Waals surface area contributed by atoms with Crippen LogP contribution >= 0.6 is 11.6 Å². The minimum atomic E-state index is 0.322. The van der Waals surface area contributed by atoms with E-state index in [1.807, 2.05) is 25.1 Å². The zero-order chi connectivity index (χ0) is 12.8. The molecule has 0 unspecified atom stereocenters. The molecule has 1 aliphatic carbocycles. The third-order valence-electron chi connectivity index (χ3n) is 2.85.